The summed E-state index contributed by atoms with van der Waals surface area (Å²) < 4.78 is 16.0. The van der Waals surface area contributed by atoms with Crippen molar-refractivity contribution in [2.45, 2.75) is 13.8 Å². The molecule has 1 aromatic carbocycles. The Morgan fingerprint density at radius 3 is 2.17 bits per heavy atom. The van der Waals surface area contributed by atoms with E-state index in [-0.39, 0.29) is 0 Å². The second-order valence-electron chi connectivity index (χ2n) is 4.77. The molecule has 0 saturated carbocycles. The van der Waals surface area contributed by atoms with Gasteiger partial charge >= 0.3 is 0 Å². The molecular formula is C16H20N4O3. The first-order valence-corrected chi connectivity index (χ1v) is 6.99. The van der Waals surface area contributed by atoms with E-state index >= 15 is 0 Å². The number of hydrazone groups is 1. The van der Waals surface area contributed by atoms with Gasteiger partial charge in [0, 0.05) is 17.0 Å². The van der Waals surface area contributed by atoms with Gasteiger partial charge in [-0.15, -0.1) is 0 Å². The first kappa shape index (κ1) is 16.5. The molecular weight excluding hydrogens is 296 g/mol. The largest absolute Gasteiger partial charge is 0.493 e. The number of aryl methyl sites for hydroxylation is 2. The van der Waals surface area contributed by atoms with Gasteiger partial charge in [0.1, 0.15) is 0 Å². The van der Waals surface area contributed by atoms with Gasteiger partial charge in [0.25, 0.3) is 0 Å². The summed E-state index contributed by atoms with van der Waals surface area (Å²) in [7, 11) is 4.70. The molecule has 7 heteroatoms. The molecule has 0 fully saturated rings. The summed E-state index contributed by atoms with van der Waals surface area (Å²) in [6, 6.07) is 5.51. The predicted molar refractivity (Wildman–Crippen MR) is 88.8 cm³/mol. The molecule has 0 aliphatic rings. The minimum absolute atomic E-state index is 0.443. The Balaban J connectivity index is 2.25. The predicted octanol–water partition coefficient (Wildman–Crippen LogP) is 2.57. The number of hydrogen-bond acceptors (Lipinski definition) is 7. The van der Waals surface area contributed by atoms with Gasteiger partial charge in [-0.3, -0.25) is 0 Å². The normalized spacial score (nSPS) is 10.7. The van der Waals surface area contributed by atoms with Gasteiger partial charge in [0.15, 0.2) is 11.5 Å². The van der Waals surface area contributed by atoms with E-state index in [0.29, 0.717) is 23.2 Å². The molecule has 1 aromatic heterocycles. The van der Waals surface area contributed by atoms with E-state index in [9.17, 15) is 0 Å². The zero-order valence-corrected chi connectivity index (χ0v) is 13.9. The maximum absolute atomic E-state index is 5.40. The fraction of sp³-hybridized carbons (Fsp3) is 0.312. The van der Waals surface area contributed by atoms with Crippen molar-refractivity contribution in [1.29, 1.82) is 0 Å². The van der Waals surface area contributed by atoms with Crippen molar-refractivity contribution in [3.05, 3.63) is 35.2 Å². The second-order valence-corrected chi connectivity index (χ2v) is 4.77. The molecule has 0 radical (unpaired) electrons. The summed E-state index contributed by atoms with van der Waals surface area (Å²) >= 11 is 0. The summed E-state index contributed by atoms with van der Waals surface area (Å²) in [6.45, 7) is 3.81. The van der Waals surface area contributed by atoms with E-state index in [2.05, 4.69) is 20.5 Å². The van der Waals surface area contributed by atoms with E-state index < -0.39 is 0 Å². The summed E-state index contributed by atoms with van der Waals surface area (Å²) in [5.74, 6) is 2.09. The monoisotopic (exact) mass is 316 g/mol. The van der Waals surface area contributed by atoms with Gasteiger partial charge in [-0.2, -0.15) is 5.10 Å². The van der Waals surface area contributed by atoms with Gasteiger partial charge in [0.05, 0.1) is 27.5 Å². The van der Waals surface area contributed by atoms with Crippen LogP contribution in [-0.2, 0) is 0 Å². The quantitative estimate of drug-likeness (QED) is 0.652. The van der Waals surface area contributed by atoms with Gasteiger partial charge in [0.2, 0.25) is 11.7 Å². The summed E-state index contributed by atoms with van der Waals surface area (Å²) in [4.78, 5) is 8.51. The lowest BCUT2D eigenvalue weighted by Gasteiger charge is -2.13. The van der Waals surface area contributed by atoms with Crippen LogP contribution in [0, 0.1) is 13.8 Å². The van der Waals surface area contributed by atoms with E-state index in [1.54, 1.807) is 33.6 Å². The maximum Gasteiger partial charge on any atom is 0.243 e. The average molecular weight is 316 g/mol. The Kier molecular flexibility index (Phi) is 5.35. The Morgan fingerprint density at radius 1 is 0.957 bits per heavy atom. The number of nitrogens with zero attached hydrogens (tertiary/aromatic N) is 3. The standard InChI is InChI=1S/C16H20N4O3/c1-10-8-11(2)19-16(18-10)20-17-9-12-6-7-13(21-3)15(23-5)14(12)22-4/h6-9H,1-5H3,(H,18,19,20). The Hall–Kier alpha value is -2.83. The van der Waals surface area contributed by atoms with Crippen LogP contribution in [0.4, 0.5) is 5.95 Å². The molecule has 0 atom stereocenters. The number of ether oxygens (including phenoxy) is 3. The molecule has 1 N–H and O–H groups in total. The molecule has 0 aliphatic heterocycles. The highest BCUT2D eigenvalue weighted by Crippen LogP contribution is 2.38. The highest BCUT2D eigenvalue weighted by atomic mass is 16.5. The third-order valence-electron chi connectivity index (χ3n) is 3.09. The molecule has 0 unspecified atom stereocenters. The van der Waals surface area contributed by atoms with Crippen molar-refractivity contribution >= 4 is 12.2 Å². The highest BCUT2D eigenvalue weighted by molar-refractivity contribution is 5.86. The number of methoxy groups -OCH3 is 3. The fourth-order valence-electron chi connectivity index (χ4n) is 2.16. The van der Waals surface area contributed by atoms with E-state index in [1.165, 1.54) is 0 Å². The zero-order chi connectivity index (χ0) is 16.8. The van der Waals surface area contributed by atoms with Crippen LogP contribution in [0.5, 0.6) is 17.2 Å². The first-order valence-electron chi connectivity index (χ1n) is 6.99. The third-order valence-corrected chi connectivity index (χ3v) is 3.09. The van der Waals surface area contributed by atoms with Crippen LogP contribution in [0.15, 0.2) is 23.3 Å². The summed E-state index contributed by atoms with van der Waals surface area (Å²) in [5.41, 5.74) is 5.30. The summed E-state index contributed by atoms with van der Waals surface area (Å²) in [5, 5.41) is 4.16. The van der Waals surface area contributed by atoms with Crippen LogP contribution in [0.1, 0.15) is 17.0 Å². The number of benzene rings is 1. The van der Waals surface area contributed by atoms with Crippen LogP contribution in [0.3, 0.4) is 0 Å². The Bertz CT molecular complexity index is 696. The minimum Gasteiger partial charge on any atom is -0.493 e. The topological polar surface area (TPSA) is 77.9 Å². The number of anilines is 1. The van der Waals surface area contributed by atoms with Gasteiger partial charge in [-0.05, 0) is 32.0 Å². The smallest absolute Gasteiger partial charge is 0.243 e. The molecule has 0 saturated heterocycles. The number of aromatic nitrogens is 2. The molecule has 0 spiro atoms. The molecule has 23 heavy (non-hydrogen) atoms. The molecule has 2 aromatic rings. The molecule has 7 nitrogen and oxygen atoms in total. The Labute approximate surface area is 135 Å². The first-order chi connectivity index (χ1) is 11.1. The van der Waals surface area contributed by atoms with Crippen LogP contribution >= 0.6 is 0 Å². The van der Waals surface area contributed by atoms with Crippen molar-refractivity contribution in [1.82, 2.24) is 9.97 Å². The van der Waals surface area contributed by atoms with Gasteiger partial charge in [-0.25, -0.2) is 15.4 Å². The second kappa shape index (κ2) is 7.44. The van der Waals surface area contributed by atoms with Crippen molar-refractivity contribution in [3.8, 4) is 17.2 Å². The molecule has 2 rings (SSSR count). The zero-order valence-electron chi connectivity index (χ0n) is 13.9. The van der Waals surface area contributed by atoms with Crippen LogP contribution in [0.2, 0.25) is 0 Å². The lowest BCUT2D eigenvalue weighted by Crippen LogP contribution is -2.01. The van der Waals surface area contributed by atoms with Gasteiger partial charge < -0.3 is 14.2 Å². The molecule has 0 amide bonds. The number of hydrogen-bond donors (Lipinski definition) is 1. The van der Waals surface area contributed by atoms with Crippen LogP contribution < -0.4 is 19.6 Å². The fourth-order valence-corrected chi connectivity index (χ4v) is 2.16. The van der Waals surface area contributed by atoms with Crippen LogP contribution in [-0.4, -0.2) is 37.5 Å². The number of nitrogens with one attached hydrogen (secondary N) is 1. The van der Waals surface area contributed by atoms with E-state index in [1.807, 2.05) is 26.0 Å². The lowest BCUT2D eigenvalue weighted by atomic mass is 10.2. The lowest BCUT2D eigenvalue weighted by molar-refractivity contribution is 0.324. The van der Waals surface area contributed by atoms with Crippen LogP contribution in [0.25, 0.3) is 0 Å². The molecule has 0 aliphatic carbocycles. The molecule has 0 bridgehead atoms. The SMILES string of the molecule is COc1ccc(C=NNc2nc(C)cc(C)n2)c(OC)c1OC. The molecule has 122 valence electrons. The van der Waals surface area contributed by atoms with Crippen molar-refractivity contribution in [3.63, 3.8) is 0 Å². The van der Waals surface area contributed by atoms with E-state index in [4.69, 9.17) is 14.2 Å². The molecule has 1 heterocycles. The Morgan fingerprint density at radius 2 is 1.61 bits per heavy atom. The van der Waals surface area contributed by atoms with Crippen molar-refractivity contribution in [2.24, 2.45) is 5.10 Å². The van der Waals surface area contributed by atoms with E-state index in [0.717, 1.165) is 17.0 Å². The highest BCUT2D eigenvalue weighted by Gasteiger charge is 2.14. The third kappa shape index (κ3) is 3.88. The maximum atomic E-state index is 5.40. The van der Waals surface area contributed by atoms with Crippen molar-refractivity contribution < 1.29 is 14.2 Å². The van der Waals surface area contributed by atoms with Crippen molar-refractivity contribution in [2.75, 3.05) is 26.8 Å². The average Bonchev–Trinajstić information content (AvgIpc) is 2.53. The minimum atomic E-state index is 0.443. The van der Waals surface area contributed by atoms with Gasteiger partial charge in [-0.1, -0.05) is 0 Å². The number of rotatable bonds is 6. The summed E-state index contributed by atoms with van der Waals surface area (Å²) in [6.07, 6.45) is 1.61.